The lowest BCUT2D eigenvalue weighted by atomic mass is 9.89. The maximum absolute atomic E-state index is 10.6. The van der Waals surface area contributed by atoms with Gasteiger partial charge in [-0.1, -0.05) is 6.07 Å². The molecule has 0 amide bonds. The second-order valence-electron chi connectivity index (χ2n) is 8.94. The average Bonchev–Trinajstić information content (AvgIpc) is 3.43. The van der Waals surface area contributed by atoms with Crippen molar-refractivity contribution in [3.05, 3.63) is 52.0 Å². The minimum Gasteiger partial charge on any atom is -0.475 e. The standard InChI is InChI=1S/C20H26N2O2S.2C2HF3O2/c1-16-5-9-25-19(16)12-22-8-3-6-20(15-22)10-18(14-24-20)23-13-17-4-2-7-21-11-17;2*3-2(4,5)1(6)7/h2,4-5,7,9,11,18H,3,6,8,10,12-15H2,1H3;2*(H,6,7)/t18-,20+;;/m1../s1. The zero-order valence-corrected chi connectivity index (χ0v) is 21.6. The van der Waals surface area contributed by atoms with Gasteiger partial charge in [0.05, 0.1) is 24.9 Å². The SMILES string of the molecule is Cc1ccsc1CN1CCC[C@]2(C[C@@H](OCc3cccnc3)CO2)C1.O=C(O)C(F)(F)F.O=C(O)C(F)(F)F. The second-order valence-corrected chi connectivity index (χ2v) is 9.94. The number of aryl methyl sites for hydroxylation is 1. The fourth-order valence-corrected chi connectivity index (χ4v) is 4.93. The number of hydrogen-bond donors (Lipinski definition) is 2. The molecule has 0 aromatic carbocycles. The third-order valence-electron chi connectivity index (χ3n) is 5.82. The molecule has 2 N–H and O–H groups in total. The number of halogens is 6. The lowest BCUT2D eigenvalue weighted by Crippen LogP contribution is -2.47. The van der Waals surface area contributed by atoms with Crippen LogP contribution >= 0.6 is 11.3 Å². The van der Waals surface area contributed by atoms with Gasteiger partial charge in [-0.2, -0.15) is 26.3 Å². The Morgan fingerprint density at radius 3 is 2.33 bits per heavy atom. The molecule has 2 aromatic rings. The molecule has 2 aromatic heterocycles. The Kier molecular flexibility index (Phi) is 11.7. The van der Waals surface area contributed by atoms with Gasteiger partial charge in [0.25, 0.3) is 0 Å². The largest absolute Gasteiger partial charge is 0.490 e. The van der Waals surface area contributed by atoms with E-state index in [1.54, 1.807) is 6.20 Å². The van der Waals surface area contributed by atoms with Crippen LogP contribution in [0.4, 0.5) is 26.3 Å². The zero-order chi connectivity index (χ0) is 29.3. The molecule has 4 rings (SSSR count). The molecule has 0 radical (unpaired) electrons. The van der Waals surface area contributed by atoms with Gasteiger partial charge in [-0.15, -0.1) is 11.3 Å². The number of likely N-dealkylation sites (tertiary alicyclic amines) is 1. The average molecular weight is 587 g/mol. The van der Waals surface area contributed by atoms with Gasteiger partial charge in [0.15, 0.2) is 0 Å². The molecule has 0 saturated carbocycles. The quantitative estimate of drug-likeness (QED) is 0.469. The molecule has 2 atom stereocenters. The molecule has 2 aliphatic rings. The van der Waals surface area contributed by atoms with Crippen LogP contribution < -0.4 is 0 Å². The van der Waals surface area contributed by atoms with Crippen molar-refractivity contribution in [1.82, 2.24) is 9.88 Å². The Bertz CT molecular complexity index is 1040. The smallest absolute Gasteiger partial charge is 0.475 e. The number of carbonyl (C=O) groups is 2. The van der Waals surface area contributed by atoms with Crippen LogP contribution in [0.5, 0.6) is 0 Å². The first-order valence-electron chi connectivity index (χ1n) is 11.6. The molecule has 1 spiro atoms. The number of pyridine rings is 1. The molecule has 0 unspecified atom stereocenters. The minimum absolute atomic E-state index is 0.0109. The van der Waals surface area contributed by atoms with Gasteiger partial charge in [-0.05, 0) is 54.9 Å². The second kappa shape index (κ2) is 14.1. The first kappa shape index (κ1) is 32.5. The highest BCUT2D eigenvalue weighted by Crippen LogP contribution is 2.37. The van der Waals surface area contributed by atoms with E-state index in [9.17, 15) is 26.3 Å². The Hall–Kier alpha value is -2.75. The van der Waals surface area contributed by atoms with E-state index in [1.807, 2.05) is 23.6 Å². The van der Waals surface area contributed by atoms with E-state index >= 15 is 0 Å². The van der Waals surface area contributed by atoms with Crippen molar-refractivity contribution in [2.24, 2.45) is 0 Å². The summed E-state index contributed by atoms with van der Waals surface area (Å²) in [6.07, 6.45) is -2.93. The summed E-state index contributed by atoms with van der Waals surface area (Å²) < 4.78 is 75.9. The van der Waals surface area contributed by atoms with Gasteiger partial charge in [0, 0.05) is 36.8 Å². The summed E-state index contributed by atoms with van der Waals surface area (Å²) in [4.78, 5) is 26.0. The van der Waals surface area contributed by atoms with E-state index in [2.05, 4.69) is 34.3 Å². The Morgan fingerprint density at radius 1 is 1.18 bits per heavy atom. The maximum atomic E-state index is 10.6. The molecule has 2 fully saturated rings. The molecule has 4 heterocycles. The van der Waals surface area contributed by atoms with Crippen LogP contribution in [0.2, 0.25) is 0 Å². The summed E-state index contributed by atoms with van der Waals surface area (Å²) in [6.45, 7) is 6.79. The highest BCUT2D eigenvalue weighted by Gasteiger charge is 2.44. The Morgan fingerprint density at radius 2 is 1.82 bits per heavy atom. The topological polar surface area (TPSA) is 109 Å². The molecule has 8 nitrogen and oxygen atoms in total. The van der Waals surface area contributed by atoms with Crippen molar-refractivity contribution in [1.29, 1.82) is 0 Å². The number of aliphatic carboxylic acids is 2. The predicted octanol–water partition coefficient (Wildman–Crippen LogP) is 5.06. The number of aromatic nitrogens is 1. The molecule has 0 aliphatic carbocycles. The van der Waals surface area contributed by atoms with E-state index < -0.39 is 24.3 Å². The van der Waals surface area contributed by atoms with Crippen LogP contribution in [0.3, 0.4) is 0 Å². The van der Waals surface area contributed by atoms with Crippen molar-refractivity contribution in [2.75, 3.05) is 19.7 Å². The van der Waals surface area contributed by atoms with Crippen molar-refractivity contribution in [3.8, 4) is 0 Å². The normalized spacial score (nSPS) is 21.5. The van der Waals surface area contributed by atoms with Crippen molar-refractivity contribution in [2.45, 2.75) is 63.4 Å². The lowest BCUT2D eigenvalue weighted by Gasteiger charge is -2.39. The molecule has 218 valence electrons. The van der Waals surface area contributed by atoms with Crippen molar-refractivity contribution < 1.29 is 55.6 Å². The van der Waals surface area contributed by atoms with E-state index in [-0.39, 0.29) is 11.7 Å². The summed E-state index contributed by atoms with van der Waals surface area (Å²) in [5, 5.41) is 16.4. The minimum atomic E-state index is -5.08. The van der Waals surface area contributed by atoms with Crippen LogP contribution in [-0.4, -0.2) is 75.8 Å². The molecule has 0 bridgehead atoms. The number of nitrogens with zero attached hydrogens (tertiary/aromatic N) is 2. The Labute approximate surface area is 224 Å². The van der Waals surface area contributed by atoms with E-state index in [4.69, 9.17) is 29.3 Å². The van der Waals surface area contributed by atoms with Gasteiger partial charge in [-0.3, -0.25) is 9.88 Å². The zero-order valence-electron chi connectivity index (χ0n) is 20.8. The van der Waals surface area contributed by atoms with Gasteiger partial charge in [0.1, 0.15) is 0 Å². The predicted molar refractivity (Wildman–Crippen MR) is 127 cm³/mol. The maximum Gasteiger partial charge on any atom is 0.490 e. The first-order valence-corrected chi connectivity index (χ1v) is 12.5. The molecule has 39 heavy (non-hydrogen) atoms. The van der Waals surface area contributed by atoms with Gasteiger partial charge in [0.2, 0.25) is 0 Å². The first-order chi connectivity index (χ1) is 18.1. The van der Waals surface area contributed by atoms with E-state index in [1.165, 1.54) is 23.4 Å². The third-order valence-corrected chi connectivity index (χ3v) is 6.83. The number of carboxylic acids is 2. The van der Waals surface area contributed by atoms with E-state index in [0.717, 1.165) is 31.5 Å². The lowest BCUT2D eigenvalue weighted by molar-refractivity contribution is -0.193. The molecule has 2 aliphatic heterocycles. The monoisotopic (exact) mass is 586 g/mol. The van der Waals surface area contributed by atoms with Crippen LogP contribution in [0.1, 0.15) is 35.3 Å². The number of hydrogen-bond acceptors (Lipinski definition) is 7. The highest BCUT2D eigenvalue weighted by atomic mass is 32.1. The van der Waals surface area contributed by atoms with Gasteiger partial charge in [-0.25, -0.2) is 9.59 Å². The molecule has 2 saturated heterocycles. The number of piperidine rings is 1. The van der Waals surface area contributed by atoms with E-state index in [0.29, 0.717) is 13.2 Å². The highest BCUT2D eigenvalue weighted by molar-refractivity contribution is 7.10. The fourth-order valence-electron chi connectivity index (χ4n) is 3.99. The van der Waals surface area contributed by atoms with Crippen molar-refractivity contribution in [3.63, 3.8) is 0 Å². The van der Waals surface area contributed by atoms with Crippen LogP contribution in [-0.2, 0) is 32.2 Å². The summed E-state index contributed by atoms with van der Waals surface area (Å²) in [5.41, 5.74) is 2.53. The van der Waals surface area contributed by atoms with Crippen molar-refractivity contribution >= 4 is 23.3 Å². The van der Waals surface area contributed by atoms with Gasteiger partial charge < -0.3 is 19.7 Å². The number of carboxylic acid groups (broad SMARTS) is 2. The Balaban J connectivity index is 0.000000317. The number of thiophene rings is 1. The number of ether oxygens (including phenoxy) is 2. The summed E-state index contributed by atoms with van der Waals surface area (Å²) >= 11 is 1.87. The summed E-state index contributed by atoms with van der Waals surface area (Å²) in [6, 6.07) is 6.23. The summed E-state index contributed by atoms with van der Waals surface area (Å²) in [7, 11) is 0. The number of alkyl halides is 6. The van der Waals surface area contributed by atoms with Crippen LogP contribution in [0.15, 0.2) is 36.0 Å². The molecular formula is C24H28F6N2O6S. The van der Waals surface area contributed by atoms with Crippen LogP contribution in [0, 0.1) is 6.92 Å². The van der Waals surface area contributed by atoms with Crippen LogP contribution in [0.25, 0.3) is 0 Å². The third kappa shape index (κ3) is 11.1. The fraction of sp³-hybridized carbons (Fsp3) is 0.542. The molecule has 15 heteroatoms. The summed E-state index contributed by atoms with van der Waals surface area (Å²) in [5.74, 6) is -5.51. The number of rotatable bonds is 5. The van der Waals surface area contributed by atoms with Gasteiger partial charge >= 0.3 is 24.3 Å². The molecular weight excluding hydrogens is 558 g/mol.